The van der Waals surface area contributed by atoms with Crippen molar-refractivity contribution in [1.29, 1.82) is 0 Å². The van der Waals surface area contributed by atoms with E-state index in [9.17, 15) is 4.79 Å². The largest absolute Gasteiger partial charge is 0.481 e. The van der Waals surface area contributed by atoms with Gasteiger partial charge in [0, 0.05) is 19.7 Å². The minimum absolute atomic E-state index is 0.0220. The number of aliphatic carboxylic acids is 1. The third-order valence-corrected chi connectivity index (χ3v) is 4.76. The number of hydrogen-bond donors (Lipinski definition) is 1. The molecule has 2 aromatic rings. The molecule has 0 atom stereocenters. The van der Waals surface area contributed by atoms with Crippen molar-refractivity contribution in [3.8, 4) is 0 Å². The predicted octanol–water partition coefficient (Wildman–Crippen LogP) is 4.84. The summed E-state index contributed by atoms with van der Waals surface area (Å²) in [5, 5.41) is 9.52. The first kappa shape index (κ1) is 15.3. The second kappa shape index (κ2) is 7.07. The van der Waals surface area contributed by atoms with Crippen LogP contribution >= 0.6 is 35.1 Å². The third-order valence-electron chi connectivity index (χ3n) is 2.65. The standard InChI is InChI=1S/C15H13ClO2S2/c1-19-12-3-5-13(6-4-12)20-14-7-2-11(16)8-10(14)9-15(17)18/h2-8H,9H2,1H3,(H,17,18). The van der Waals surface area contributed by atoms with Gasteiger partial charge in [-0.15, -0.1) is 11.8 Å². The molecule has 20 heavy (non-hydrogen) atoms. The summed E-state index contributed by atoms with van der Waals surface area (Å²) in [6.07, 6.45) is 2.01. The number of benzene rings is 2. The van der Waals surface area contributed by atoms with Crippen LogP contribution in [0.15, 0.2) is 57.2 Å². The van der Waals surface area contributed by atoms with E-state index in [1.807, 2.05) is 24.5 Å². The van der Waals surface area contributed by atoms with Gasteiger partial charge in [0.05, 0.1) is 6.42 Å². The minimum atomic E-state index is -0.855. The lowest BCUT2D eigenvalue weighted by Crippen LogP contribution is -2.01. The molecule has 1 N–H and O–H groups in total. The lowest BCUT2D eigenvalue weighted by molar-refractivity contribution is -0.136. The Morgan fingerprint density at radius 3 is 2.40 bits per heavy atom. The van der Waals surface area contributed by atoms with E-state index in [0.717, 1.165) is 15.4 Å². The van der Waals surface area contributed by atoms with E-state index in [1.54, 1.807) is 35.7 Å². The van der Waals surface area contributed by atoms with E-state index in [4.69, 9.17) is 16.7 Å². The van der Waals surface area contributed by atoms with Crippen LogP contribution in [-0.2, 0) is 11.2 Å². The lowest BCUT2D eigenvalue weighted by atomic mass is 10.1. The molecule has 2 nitrogen and oxygen atoms in total. The fourth-order valence-corrected chi connectivity index (χ4v) is 3.25. The number of thioether (sulfide) groups is 1. The van der Waals surface area contributed by atoms with Crippen LogP contribution < -0.4 is 0 Å². The van der Waals surface area contributed by atoms with Gasteiger partial charge in [0.2, 0.25) is 0 Å². The Morgan fingerprint density at radius 2 is 1.80 bits per heavy atom. The molecule has 104 valence electrons. The maximum atomic E-state index is 10.9. The van der Waals surface area contributed by atoms with Crippen LogP contribution in [0.5, 0.6) is 0 Å². The van der Waals surface area contributed by atoms with Crippen molar-refractivity contribution < 1.29 is 9.90 Å². The van der Waals surface area contributed by atoms with Crippen molar-refractivity contribution >= 4 is 41.1 Å². The van der Waals surface area contributed by atoms with Gasteiger partial charge < -0.3 is 5.11 Å². The van der Waals surface area contributed by atoms with E-state index < -0.39 is 5.97 Å². The first-order chi connectivity index (χ1) is 9.58. The van der Waals surface area contributed by atoms with Crippen LogP contribution in [0.3, 0.4) is 0 Å². The summed E-state index contributed by atoms with van der Waals surface area (Å²) in [5.41, 5.74) is 0.740. The highest BCUT2D eigenvalue weighted by Gasteiger charge is 2.09. The topological polar surface area (TPSA) is 37.3 Å². The van der Waals surface area contributed by atoms with E-state index in [1.165, 1.54) is 4.90 Å². The summed E-state index contributed by atoms with van der Waals surface area (Å²) in [5.74, 6) is -0.855. The van der Waals surface area contributed by atoms with Crippen LogP contribution in [0.1, 0.15) is 5.56 Å². The monoisotopic (exact) mass is 324 g/mol. The van der Waals surface area contributed by atoms with Crippen molar-refractivity contribution in [1.82, 2.24) is 0 Å². The van der Waals surface area contributed by atoms with Crippen molar-refractivity contribution in [3.05, 3.63) is 53.1 Å². The van der Waals surface area contributed by atoms with Crippen LogP contribution in [0, 0.1) is 0 Å². The maximum Gasteiger partial charge on any atom is 0.307 e. The first-order valence-electron chi connectivity index (χ1n) is 5.90. The van der Waals surface area contributed by atoms with Crippen molar-refractivity contribution in [2.24, 2.45) is 0 Å². The molecule has 0 saturated carbocycles. The average Bonchev–Trinajstić information content (AvgIpc) is 2.42. The van der Waals surface area contributed by atoms with Crippen LogP contribution in [0.25, 0.3) is 0 Å². The number of carboxylic acids is 1. The predicted molar refractivity (Wildman–Crippen MR) is 85.1 cm³/mol. The Balaban J connectivity index is 2.25. The summed E-state index contributed by atoms with van der Waals surface area (Å²) in [6.45, 7) is 0. The molecular weight excluding hydrogens is 312 g/mol. The fourth-order valence-electron chi connectivity index (χ4n) is 1.72. The molecule has 0 amide bonds. The molecule has 0 heterocycles. The van der Waals surface area contributed by atoms with Crippen molar-refractivity contribution in [2.75, 3.05) is 6.26 Å². The van der Waals surface area contributed by atoms with Gasteiger partial charge in [-0.3, -0.25) is 4.79 Å². The zero-order valence-electron chi connectivity index (χ0n) is 10.8. The molecule has 0 aliphatic rings. The summed E-state index contributed by atoms with van der Waals surface area (Å²) in [6, 6.07) is 13.6. The Hall–Kier alpha value is -1.10. The highest BCUT2D eigenvalue weighted by molar-refractivity contribution is 7.99. The van der Waals surface area contributed by atoms with E-state index >= 15 is 0 Å². The number of hydrogen-bond acceptors (Lipinski definition) is 3. The number of halogens is 1. The van der Waals surface area contributed by atoms with Crippen LogP contribution in [-0.4, -0.2) is 17.3 Å². The van der Waals surface area contributed by atoms with Gasteiger partial charge in [-0.05, 0) is 54.3 Å². The number of rotatable bonds is 5. The zero-order valence-corrected chi connectivity index (χ0v) is 13.2. The summed E-state index contributed by atoms with van der Waals surface area (Å²) >= 11 is 9.18. The van der Waals surface area contributed by atoms with E-state index in [-0.39, 0.29) is 6.42 Å². The van der Waals surface area contributed by atoms with Crippen molar-refractivity contribution in [2.45, 2.75) is 21.1 Å². The van der Waals surface area contributed by atoms with Gasteiger partial charge in [-0.1, -0.05) is 23.4 Å². The van der Waals surface area contributed by atoms with Gasteiger partial charge in [0.25, 0.3) is 0 Å². The van der Waals surface area contributed by atoms with Gasteiger partial charge in [-0.2, -0.15) is 0 Å². The molecule has 0 radical (unpaired) electrons. The van der Waals surface area contributed by atoms with Gasteiger partial charge >= 0.3 is 5.97 Å². The molecule has 2 aromatic carbocycles. The Labute approximate surface area is 131 Å². The molecule has 2 rings (SSSR count). The van der Waals surface area contributed by atoms with E-state index in [0.29, 0.717) is 5.02 Å². The lowest BCUT2D eigenvalue weighted by Gasteiger charge is -2.08. The first-order valence-corrected chi connectivity index (χ1v) is 8.32. The summed E-state index contributed by atoms with van der Waals surface area (Å²) < 4.78 is 0. The van der Waals surface area contributed by atoms with Crippen LogP contribution in [0.2, 0.25) is 5.02 Å². The van der Waals surface area contributed by atoms with Crippen LogP contribution in [0.4, 0.5) is 0 Å². The second-order valence-corrected chi connectivity index (χ2v) is 6.53. The summed E-state index contributed by atoms with van der Waals surface area (Å²) in [4.78, 5) is 14.1. The van der Waals surface area contributed by atoms with E-state index in [2.05, 4.69) is 12.1 Å². The molecule has 0 aliphatic heterocycles. The maximum absolute atomic E-state index is 10.9. The highest BCUT2D eigenvalue weighted by atomic mass is 35.5. The molecule has 0 aromatic heterocycles. The molecule has 0 bridgehead atoms. The SMILES string of the molecule is CSc1ccc(Sc2ccc(Cl)cc2CC(=O)O)cc1. The third kappa shape index (κ3) is 4.20. The number of carbonyl (C=O) groups is 1. The quantitative estimate of drug-likeness (QED) is 0.798. The molecule has 0 spiro atoms. The Kier molecular flexibility index (Phi) is 5.40. The molecular formula is C15H13ClO2S2. The summed E-state index contributed by atoms with van der Waals surface area (Å²) in [7, 11) is 0. The molecule has 0 saturated heterocycles. The smallest absolute Gasteiger partial charge is 0.307 e. The average molecular weight is 325 g/mol. The molecule has 0 unspecified atom stereocenters. The van der Waals surface area contributed by atoms with Gasteiger partial charge in [0.15, 0.2) is 0 Å². The molecule has 0 fully saturated rings. The minimum Gasteiger partial charge on any atom is -0.481 e. The Bertz CT molecular complexity index is 612. The molecule has 5 heteroatoms. The zero-order chi connectivity index (χ0) is 14.5. The molecule has 0 aliphatic carbocycles. The number of carboxylic acid groups (broad SMARTS) is 1. The van der Waals surface area contributed by atoms with Crippen molar-refractivity contribution in [3.63, 3.8) is 0 Å². The second-order valence-electron chi connectivity index (χ2n) is 4.10. The van der Waals surface area contributed by atoms with Gasteiger partial charge in [0.1, 0.15) is 0 Å². The van der Waals surface area contributed by atoms with Gasteiger partial charge in [-0.25, -0.2) is 0 Å². The highest BCUT2D eigenvalue weighted by Crippen LogP contribution is 2.33. The Morgan fingerprint density at radius 1 is 1.15 bits per heavy atom. The fraction of sp³-hybridized carbons (Fsp3) is 0.133. The normalized spacial score (nSPS) is 10.5.